The highest BCUT2D eigenvalue weighted by Crippen LogP contribution is 2.38. The molecule has 3 aliphatic rings. The molecule has 62 heavy (non-hydrogen) atoms. The molecule has 5 amide bonds. The molecule has 0 spiro atoms. The van der Waals surface area contributed by atoms with Gasteiger partial charge in [0, 0.05) is 47.6 Å². The topological polar surface area (TPSA) is 181 Å². The first-order chi connectivity index (χ1) is 28.7. The number of hydrogen-bond acceptors (Lipinski definition) is 9. The molecule has 6 N–H and O–H groups in total. The van der Waals surface area contributed by atoms with Crippen molar-refractivity contribution >= 4 is 29.7 Å². The lowest BCUT2D eigenvalue weighted by atomic mass is 9.79. The van der Waals surface area contributed by atoms with Gasteiger partial charge in [-0.15, -0.1) is 0 Å². The van der Waals surface area contributed by atoms with E-state index in [9.17, 15) is 29.2 Å². The van der Waals surface area contributed by atoms with Crippen molar-refractivity contribution in [2.75, 3.05) is 6.54 Å². The predicted molar refractivity (Wildman–Crippen MR) is 242 cm³/mol. The largest absolute Gasteiger partial charge is 0.446 e. The van der Waals surface area contributed by atoms with Crippen LogP contribution in [0, 0.1) is 17.8 Å². The maximum absolute atomic E-state index is 14.6. The lowest BCUT2D eigenvalue weighted by Gasteiger charge is -2.50. The predicted octanol–water partition coefficient (Wildman–Crippen LogP) is 6.02. The van der Waals surface area contributed by atoms with Crippen molar-refractivity contribution in [3.63, 3.8) is 0 Å². The van der Waals surface area contributed by atoms with Gasteiger partial charge < -0.3 is 41.4 Å². The number of rotatable bonds is 16. The van der Waals surface area contributed by atoms with Crippen LogP contribution in [-0.2, 0) is 30.3 Å². The van der Waals surface area contributed by atoms with Gasteiger partial charge in [-0.25, -0.2) is 4.79 Å². The first kappa shape index (κ1) is 50.6. The van der Waals surface area contributed by atoms with Crippen molar-refractivity contribution in [2.24, 2.45) is 17.8 Å². The van der Waals surface area contributed by atoms with Crippen molar-refractivity contribution in [3.05, 3.63) is 48.0 Å². The van der Waals surface area contributed by atoms with Crippen molar-refractivity contribution in [1.29, 1.82) is 0 Å². The first-order valence-corrected chi connectivity index (χ1v) is 22.9. The molecule has 348 valence electrons. The standard InChI is InChI=1S/C48H79N7O7/c1-30(2)24-35(51-44(60)62-37-28-47(10,11)55(61)48(12,13)29-37)22-21-34(25-33-18-15-14-16-19-33)43(59)54-23-17-20-38(54)41(57)52-39(31(3)4)42(58)49-32(5)40(56)50-36-26-45(6,7)53-46(8,9)27-36/h14-16,18-19,21-22,30-32,34-39,53,61H,17,20,23-29H2,1-13H3,(H,49,58)(H,50,56)(H,51,60)(H,52,57)/b22-21+/t32-,34+,35+,38-,39-/m0/s1. The highest BCUT2D eigenvalue weighted by atomic mass is 16.6. The number of ether oxygens (including phenoxy) is 1. The van der Waals surface area contributed by atoms with Crippen LogP contribution in [0.5, 0.6) is 0 Å². The van der Waals surface area contributed by atoms with Gasteiger partial charge in [0.2, 0.25) is 23.6 Å². The Morgan fingerprint density at radius 1 is 0.823 bits per heavy atom. The Labute approximate surface area is 371 Å². The number of hydroxylamine groups is 2. The van der Waals surface area contributed by atoms with E-state index in [-0.39, 0.29) is 40.8 Å². The number of hydrogen-bond donors (Lipinski definition) is 6. The molecule has 3 saturated heterocycles. The SMILES string of the molecule is CC(C)C[C@@H](/C=C/[C@H](Cc1ccccc1)C(=O)N1CCC[C@H]1C(=O)N[C@H](C(=O)N[C@@H](C)C(=O)NC1CC(C)(C)NC(C)(C)C1)C(C)C)NC(=O)OC1CC(C)(C)N(O)C(C)(C)C1. The Balaban J connectivity index is 1.46. The molecular formula is C48H79N7O7. The molecule has 0 bridgehead atoms. The molecular weight excluding hydrogens is 787 g/mol. The molecule has 0 unspecified atom stereocenters. The number of alkyl carbamates (subject to hydrolysis) is 1. The Kier molecular flexibility index (Phi) is 16.9. The Morgan fingerprint density at radius 2 is 1.42 bits per heavy atom. The zero-order valence-corrected chi connectivity index (χ0v) is 39.9. The third-order valence-electron chi connectivity index (χ3n) is 12.5. The van der Waals surface area contributed by atoms with Crippen LogP contribution in [0.4, 0.5) is 4.79 Å². The molecule has 14 heteroatoms. The fourth-order valence-corrected chi connectivity index (χ4v) is 10.1. The minimum Gasteiger partial charge on any atom is -0.446 e. The summed E-state index contributed by atoms with van der Waals surface area (Å²) in [6.45, 7) is 26.0. The van der Waals surface area contributed by atoms with E-state index in [1.54, 1.807) is 11.8 Å². The van der Waals surface area contributed by atoms with E-state index in [2.05, 4.69) is 68.1 Å². The molecule has 14 nitrogen and oxygen atoms in total. The molecule has 0 radical (unpaired) electrons. The maximum atomic E-state index is 14.6. The number of likely N-dealkylation sites (tertiary alicyclic amines) is 1. The number of piperidine rings is 2. The smallest absolute Gasteiger partial charge is 0.407 e. The second-order valence-electron chi connectivity index (χ2n) is 21.6. The number of nitrogens with zero attached hydrogens (tertiary/aromatic N) is 2. The summed E-state index contributed by atoms with van der Waals surface area (Å²) in [7, 11) is 0. The zero-order valence-electron chi connectivity index (χ0n) is 39.9. The van der Waals surface area contributed by atoms with Crippen molar-refractivity contribution in [1.82, 2.24) is 36.5 Å². The molecule has 1 aromatic carbocycles. The average Bonchev–Trinajstić information content (AvgIpc) is 3.63. The summed E-state index contributed by atoms with van der Waals surface area (Å²) in [5.74, 6) is -2.09. The maximum Gasteiger partial charge on any atom is 0.407 e. The molecule has 0 saturated carbocycles. The first-order valence-electron chi connectivity index (χ1n) is 22.9. The normalized spacial score (nSPS) is 23.4. The molecule has 3 aliphatic heterocycles. The highest BCUT2D eigenvalue weighted by molar-refractivity contribution is 5.95. The van der Waals surface area contributed by atoms with Gasteiger partial charge in [0.05, 0.1) is 12.0 Å². The van der Waals surface area contributed by atoms with Gasteiger partial charge in [-0.2, -0.15) is 5.06 Å². The third-order valence-corrected chi connectivity index (χ3v) is 12.5. The van der Waals surface area contributed by atoms with E-state index < -0.39 is 65.2 Å². The van der Waals surface area contributed by atoms with Crippen molar-refractivity contribution in [3.8, 4) is 0 Å². The Hall–Kier alpha value is -4.01. The van der Waals surface area contributed by atoms with Crippen LogP contribution in [0.1, 0.15) is 141 Å². The summed E-state index contributed by atoms with van der Waals surface area (Å²) >= 11 is 0. The summed E-state index contributed by atoms with van der Waals surface area (Å²) in [4.78, 5) is 70.7. The average molecular weight is 866 g/mol. The van der Waals surface area contributed by atoms with Crippen LogP contribution >= 0.6 is 0 Å². The number of carbonyl (C=O) groups is 5. The van der Waals surface area contributed by atoms with Gasteiger partial charge in [-0.1, -0.05) is 70.2 Å². The van der Waals surface area contributed by atoms with Crippen molar-refractivity contribution < 1.29 is 33.9 Å². The van der Waals surface area contributed by atoms with E-state index in [0.717, 1.165) is 18.4 Å². The van der Waals surface area contributed by atoms with E-state index in [4.69, 9.17) is 4.74 Å². The van der Waals surface area contributed by atoms with E-state index in [1.807, 2.05) is 84.0 Å². The molecule has 3 fully saturated rings. The lowest BCUT2D eigenvalue weighted by molar-refractivity contribution is -0.256. The van der Waals surface area contributed by atoms with E-state index in [1.165, 1.54) is 5.06 Å². The number of nitrogens with one attached hydrogen (secondary N) is 5. The fraction of sp³-hybridized carbons (Fsp3) is 0.729. The summed E-state index contributed by atoms with van der Waals surface area (Å²) in [6, 6.07) is 6.66. The van der Waals surface area contributed by atoms with Gasteiger partial charge >= 0.3 is 6.09 Å². The second-order valence-corrected chi connectivity index (χ2v) is 21.6. The van der Waals surface area contributed by atoms with Gasteiger partial charge in [-0.05, 0) is 118 Å². The van der Waals surface area contributed by atoms with Gasteiger partial charge in [0.1, 0.15) is 24.2 Å². The summed E-state index contributed by atoms with van der Waals surface area (Å²) in [5, 5.41) is 27.6. The molecule has 3 heterocycles. The van der Waals surface area contributed by atoms with Crippen LogP contribution < -0.4 is 26.6 Å². The van der Waals surface area contributed by atoms with Gasteiger partial charge in [0.25, 0.3) is 0 Å². The molecule has 4 rings (SSSR count). The van der Waals surface area contributed by atoms with Crippen LogP contribution in [0.3, 0.4) is 0 Å². The van der Waals surface area contributed by atoms with E-state index in [0.29, 0.717) is 45.1 Å². The highest BCUT2D eigenvalue weighted by Gasteiger charge is 2.47. The molecule has 5 atom stereocenters. The quantitative estimate of drug-likeness (QED) is 0.108. The van der Waals surface area contributed by atoms with E-state index >= 15 is 0 Å². The minimum absolute atomic E-state index is 0.0591. The van der Waals surface area contributed by atoms with Gasteiger partial charge in [0.15, 0.2) is 0 Å². The fourth-order valence-electron chi connectivity index (χ4n) is 10.1. The Bertz CT molecular complexity index is 1710. The summed E-state index contributed by atoms with van der Waals surface area (Å²) in [6.07, 6.45) is 7.25. The molecule has 1 aromatic rings. The molecule has 0 aromatic heterocycles. The second kappa shape index (κ2) is 20.7. The summed E-state index contributed by atoms with van der Waals surface area (Å²) < 4.78 is 5.95. The summed E-state index contributed by atoms with van der Waals surface area (Å²) in [5.41, 5.74) is -0.538. The molecule has 0 aliphatic carbocycles. The number of amides is 5. The lowest BCUT2D eigenvalue weighted by Crippen LogP contribution is -2.63. The Morgan fingerprint density at radius 3 is 1.98 bits per heavy atom. The van der Waals surface area contributed by atoms with Crippen LogP contribution in [0.2, 0.25) is 0 Å². The van der Waals surface area contributed by atoms with Crippen LogP contribution in [0.15, 0.2) is 42.5 Å². The van der Waals surface area contributed by atoms with Gasteiger partial charge in [-0.3, -0.25) is 19.2 Å². The number of carbonyl (C=O) groups excluding carboxylic acids is 5. The zero-order chi connectivity index (χ0) is 46.4. The van der Waals surface area contributed by atoms with Crippen LogP contribution in [-0.4, -0.2) is 110 Å². The van der Waals surface area contributed by atoms with Crippen molar-refractivity contribution in [2.45, 2.75) is 200 Å². The van der Waals surface area contributed by atoms with Crippen LogP contribution in [0.25, 0.3) is 0 Å². The monoisotopic (exact) mass is 866 g/mol. The third kappa shape index (κ3) is 14.3. The number of benzene rings is 1. The minimum atomic E-state index is -0.928.